The van der Waals surface area contributed by atoms with E-state index in [4.69, 9.17) is 18.9 Å². The number of halogens is 1. The predicted octanol–water partition coefficient (Wildman–Crippen LogP) is -0.373. The van der Waals surface area contributed by atoms with E-state index < -0.39 is 21.2 Å². The fraction of sp³-hybridized carbons (Fsp3) is 0.235. The van der Waals surface area contributed by atoms with Crippen molar-refractivity contribution in [2.24, 2.45) is 0 Å². The van der Waals surface area contributed by atoms with Gasteiger partial charge in [-0.25, -0.2) is 0 Å². The quantitative estimate of drug-likeness (QED) is 0.464. The molecule has 0 atom stereocenters. The summed E-state index contributed by atoms with van der Waals surface area (Å²) in [5.74, 6) is 1.83. The van der Waals surface area contributed by atoms with Gasteiger partial charge in [0.05, 0.1) is 0 Å². The molecule has 2 aromatic carbocycles. The average Bonchev–Trinajstić information content (AvgIpc) is 2.61. The molecule has 0 aliphatic heterocycles. The number of hydrogen-bond acceptors (Lipinski definition) is 5. The van der Waals surface area contributed by atoms with Gasteiger partial charge in [-0.1, -0.05) is 0 Å². The van der Waals surface area contributed by atoms with Crippen molar-refractivity contribution in [3.8, 4) is 17.2 Å². The van der Waals surface area contributed by atoms with Crippen LogP contribution >= 0.6 is 0 Å². The number of benzene rings is 2. The fourth-order valence-electron chi connectivity index (χ4n) is 1.93. The Morgan fingerprint density at radius 1 is 0.870 bits per heavy atom. The topological polar surface area (TPSA) is 54.0 Å². The molecular weight excluding hydrogens is 411 g/mol. The van der Waals surface area contributed by atoms with Crippen LogP contribution in [-0.2, 0) is 4.74 Å². The number of carbonyl (C=O) groups excluding carboxylic acids is 1. The maximum absolute atomic E-state index is 11.5. The molecule has 2 rings (SSSR count). The predicted molar refractivity (Wildman–Crippen MR) is 81.3 cm³/mol. The molecule has 124 valence electrons. The molecule has 0 saturated carbocycles. The Morgan fingerprint density at radius 2 is 1.43 bits per heavy atom. The van der Waals surface area contributed by atoms with Crippen LogP contribution in [-0.4, -0.2) is 34.4 Å². The van der Waals surface area contributed by atoms with Gasteiger partial charge in [0.15, 0.2) is 0 Å². The third kappa shape index (κ3) is 4.07. The van der Waals surface area contributed by atoms with Crippen molar-refractivity contribution in [1.29, 1.82) is 0 Å². The Kier molecular flexibility index (Phi) is 6.09. The summed E-state index contributed by atoms with van der Waals surface area (Å²) in [5, 5.41) is 0. The van der Waals surface area contributed by atoms with Crippen molar-refractivity contribution in [1.82, 2.24) is 0 Å². The zero-order valence-corrected chi connectivity index (χ0v) is 15.5. The first kappa shape index (κ1) is 17.4. The molecule has 0 radical (unpaired) electrons. The molecule has 0 spiro atoms. The summed E-state index contributed by atoms with van der Waals surface area (Å²) in [4.78, 5) is 11.5. The molecule has 23 heavy (non-hydrogen) atoms. The monoisotopic (exact) mass is 429 g/mol. The Morgan fingerprint density at radius 3 is 1.87 bits per heavy atom. The Balaban J connectivity index is 2.33. The minimum absolute atomic E-state index is 0.339. The average molecular weight is 429 g/mol. The van der Waals surface area contributed by atoms with Crippen LogP contribution in [0.4, 0.5) is 0 Å². The van der Waals surface area contributed by atoms with E-state index in [1.165, 1.54) is 7.11 Å². The summed E-state index contributed by atoms with van der Waals surface area (Å²) in [5.41, 5.74) is 0.536. The summed E-state index contributed by atoms with van der Waals surface area (Å²) in [6, 6.07) is 11.1. The van der Waals surface area contributed by atoms with Gasteiger partial charge in [0.2, 0.25) is 0 Å². The minimum atomic E-state index is -0.540. The van der Waals surface area contributed by atoms with Crippen molar-refractivity contribution in [2.45, 2.75) is 0 Å². The van der Waals surface area contributed by atoms with Crippen LogP contribution in [0.15, 0.2) is 36.4 Å². The van der Waals surface area contributed by atoms with Crippen LogP contribution in [0, 0.1) is 7.14 Å². The normalized spacial score (nSPS) is 10.3. The first-order valence-corrected chi connectivity index (χ1v) is 8.92. The van der Waals surface area contributed by atoms with Gasteiger partial charge in [-0.2, -0.15) is 0 Å². The van der Waals surface area contributed by atoms with E-state index in [0.717, 1.165) is 18.6 Å². The van der Waals surface area contributed by atoms with Gasteiger partial charge < -0.3 is 0 Å². The molecule has 5 nitrogen and oxygen atoms in total. The summed E-state index contributed by atoms with van der Waals surface area (Å²) < 4.78 is 23.1. The molecule has 0 bridgehead atoms. The van der Waals surface area contributed by atoms with Gasteiger partial charge >= 0.3 is 146 Å². The molecule has 0 amide bonds. The number of esters is 1. The van der Waals surface area contributed by atoms with E-state index >= 15 is 0 Å². The Bertz CT molecular complexity index is 657. The van der Waals surface area contributed by atoms with Crippen molar-refractivity contribution in [3.05, 3.63) is 49.1 Å². The number of rotatable bonds is 6. The Hall–Kier alpha value is -1.96. The van der Waals surface area contributed by atoms with E-state index in [1.54, 1.807) is 33.5 Å². The molecule has 0 heterocycles. The van der Waals surface area contributed by atoms with Gasteiger partial charge in [0.1, 0.15) is 0 Å². The summed E-state index contributed by atoms with van der Waals surface area (Å²) >= 11 is -0.540. The first-order chi connectivity index (χ1) is 11.1. The summed E-state index contributed by atoms with van der Waals surface area (Å²) in [6.45, 7) is 0. The second-order valence-corrected chi connectivity index (χ2v) is 7.30. The van der Waals surface area contributed by atoms with E-state index in [-0.39, 0.29) is 5.97 Å². The number of hydrogen-bond donors (Lipinski definition) is 0. The van der Waals surface area contributed by atoms with E-state index in [2.05, 4.69) is 0 Å². The molecule has 0 aliphatic rings. The number of ether oxygens (including phenoxy) is 4. The SMILES string of the molecule is COC(=O)c1ccc([I-]c2c(OC)cc(OC)cc2OC)cc1. The van der Waals surface area contributed by atoms with Crippen molar-refractivity contribution >= 4 is 5.97 Å². The van der Waals surface area contributed by atoms with Crippen molar-refractivity contribution < 1.29 is 44.9 Å². The third-order valence-corrected chi connectivity index (χ3v) is 6.07. The number of carbonyl (C=O) groups is 1. The molecular formula is C17H18IO5-. The molecule has 0 N–H and O–H groups in total. The molecule has 2 aromatic rings. The second kappa shape index (κ2) is 8.05. The van der Waals surface area contributed by atoms with Crippen molar-refractivity contribution in [3.63, 3.8) is 0 Å². The third-order valence-electron chi connectivity index (χ3n) is 3.12. The van der Waals surface area contributed by atoms with Crippen molar-refractivity contribution in [2.75, 3.05) is 28.4 Å². The van der Waals surface area contributed by atoms with Gasteiger partial charge in [-0.15, -0.1) is 0 Å². The summed E-state index contributed by atoms with van der Waals surface area (Å²) in [6.07, 6.45) is 0. The molecule has 0 aromatic heterocycles. The molecule has 0 saturated heterocycles. The Labute approximate surface area is 145 Å². The van der Waals surface area contributed by atoms with Gasteiger partial charge in [0.25, 0.3) is 0 Å². The maximum atomic E-state index is 11.5. The van der Waals surface area contributed by atoms with Gasteiger partial charge in [-0.3, -0.25) is 0 Å². The van der Waals surface area contributed by atoms with Crippen LogP contribution in [0.25, 0.3) is 0 Å². The first-order valence-electron chi connectivity index (χ1n) is 6.76. The standard InChI is InChI=1S/C17H18IO5/c1-20-13-9-14(21-2)16(15(10-13)22-3)18-12-7-5-11(6-8-12)17(19)23-4/h5-10H,1-4H3/q-1. The van der Waals surface area contributed by atoms with Crippen LogP contribution in [0.3, 0.4) is 0 Å². The second-order valence-electron chi connectivity index (χ2n) is 4.44. The zero-order chi connectivity index (χ0) is 16.8. The van der Waals surface area contributed by atoms with Crippen LogP contribution in [0.1, 0.15) is 10.4 Å². The number of methoxy groups -OCH3 is 4. The van der Waals surface area contributed by atoms with Gasteiger partial charge in [-0.05, 0) is 0 Å². The molecule has 0 fully saturated rings. The molecule has 6 heteroatoms. The molecule has 0 aliphatic carbocycles. The zero-order valence-electron chi connectivity index (χ0n) is 13.4. The van der Waals surface area contributed by atoms with Crippen LogP contribution < -0.4 is 35.4 Å². The summed E-state index contributed by atoms with van der Waals surface area (Å²) in [7, 11) is 6.23. The van der Waals surface area contributed by atoms with Crippen LogP contribution in [0.2, 0.25) is 0 Å². The van der Waals surface area contributed by atoms with E-state index in [1.807, 2.05) is 24.3 Å². The molecule has 0 unspecified atom stereocenters. The van der Waals surface area contributed by atoms with Gasteiger partial charge in [0, 0.05) is 0 Å². The van der Waals surface area contributed by atoms with E-state index in [0.29, 0.717) is 11.3 Å². The van der Waals surface area contributed by atoms with Crippen LogP contribution in [0.5, 0.6) is 17.2 Å². The van der Waals surface area contributed by atoms with E-state index in [9.17, 15) is 4.79 Å². The fourth-order valence-corrected chi connectivity index (χ4v) is 4.56.